The molecule has 0 aliphatic rings. The molecule has 90 valence electrons. The Morgan fingerprint density at radius 2 is 1.94 bits per heavy atom. The summed E-state index contributed by atoms with van der Waals surface area (Å²) < 4.78 is 62.1. The van der Waals surface area contributed by atoms with Crippen LogP contribution in [0.4, 0.5) is 22.0 Å². The predicted molar refractivity (Wildman–Crippen MR) is 45.1 cm³/mol. The highest BCUT2D eigenvalue weighted by Gasteiger charge is 2.38. The fraction of sp³-hybridized carbons (Fsp3) is 0.375. The molecule has 0 fully saturated rings. The van der Waals surface area contributed by atoms with Crippen molar-refractivity contribution in [2.24, 2.45) is 0 Å². The molecule has 8 heteroatoms. The molecule has 1 heterocycles. The van der Waals surface area contributed by atoms with Gasteiger partial charge in [0, 0.05) is 0 Å². The van der Waals surface area contributed by atoms with Crippen LogP contribution in [0.15, 0.2) is 6.07 Å². The summed E-state index contributed by atoms with van der Waals surface area (Å²) >= 11 is 5.24. The number of alkyl halides is 5. The van der Waals surface area contributed by atoms with Crippen molar-refractivity contribution in [2.45, 2.75) is 19.2 Å². The van der Waals surface area contributed by atoms with Crippen LogP contribution >= 0.6 is 11.6 Å². The molecule has 2 nitrogen and oxygen atoms in total. The zero-order valence-electron chi connectivity index (χ0n) is 7.52. The molecule has 1 N–H and O–H groups in total. The summed E-state index contributed by atoms with van der Waals surface area (Å²) in [6.07, 6.45) is -8.36. The Morgan fingerprint density at radius 3 is 2.31 bits per heavy atom. The van der Waals surface area contributed by atoms with Crippen LogP contribution in [0, 0.1) is 0 Å². The van der Waals surface area contributed by atoms with E-state index < -0.39 is 41.2 Å². The Kier molecular flexibility index (Phi) is 3.69. The molecule has 0 aromatic carbocycles. The summed E-state index contributed by atoms with van der Waals surface area (Å²) in [4.78, 5) is 3.22. The van der Waals surface area contributed by atoms with Crippen molar-refractivity contribution in [2.75, 3.05) is 0 Å². The number of rotatable bonds is 2. The Balaban J connectivity index is 3.51. The molecule has 0 saturated carbocycles. The van der Waals surface area contributed by atoms with E-state index in [0.29, 0.717) is 6.07 Å². The normalized spacial score (nSPS) is 12.2. The second-order valence-electron chi connectivity index (χ2n) is 2.81. The fourth-order valence-corrected chi connectivity index (χ4v) is 1.38. The van der Waals surface area contributed by atoms with Gasteiger partial charge in [-0.05, 0) is 6.07 Å². The minimum atomic E-state index is -4.97. The van der Waals surface area contributed by atoms with E-state index >= 15 is 0 Å². The number of hydrogen-bond acceptors (Lipinski definition) is 2. The zero-order valence-corrected chi connectivity index (χ0v) is 8.28. The second kappa shape index (κ2) is 4.50. The monoisotopic (exact) mass is 261 g/mol. The molecule has 0 atom stereocenters. The van der Waals surface area contributed by atoms with Gasteiger partial charge in [0.05, 0.1) is 23.4 Å². The molecule has 0 radical (unpaired) electrons. The third-order valence-corrected chi connectivity index (χ3v) is 1.97. The molecule has 1 rings (SSSR count). The van der Waals surface area contributed by atoms with Gasteiger partial charge in [-0.2, -0.15) is 13.2 Å². The Morgan fingerprint density at radius 1 is 1.38 bits per heavy atom. The van der Waals surface area contributed by atoms with E-state index in [0.717, 1.165) is 0 Å². The SMILES string of the molecule is OCc1nc(Cl)cc(C(F)(F)F)c1C(F)F. The largest absolute Gasteiger partial charge is 0.417 e. The van der Waals surface area contributed by atoms with Crippen LogP contribution < -0.4 is 0 Å². The molecule has 1 aromatic rings. The maximum atomic E-state index is 12.4. The molecule has 0 spiro atoms. The molecule has 16 heavy (non-hydrogen) atoms. The Hall–Kier alpha value is -0.950. The van der Waals surface area contributed by atoms with Crippen LogP contribution in [-0.2, 0) is 12.8 Å². The van der Waals surface area contributed by atoms with E-state index in [1.54, 1.807) is 0 Å². The third-order valence-electron chi connectivity index (χ3n) is 1.78. The molecular weight excluding hydrogens is 257 g/mol. The molecule has 0 bridgehead atoms. The van der Waals surface area contributed by atoms with Crippen molar-refractivity contribution in [3.05, 3.63) is 28.0 Å². The van der Waals surface area contributed by atoms with Crippen LogP contribution in [0.3, 0.4) is 0 Å². The summed E-state index contributed by atoms with van der Waals surface area (Å²) in [6, 6.07) is 0.308. The Bertz CT molecular complexity index is 393. The fourth-order valence-electron chi connectivity index (χ4n) is 1.17. The number of aliphatic hydroxyl groups is 1. The van der Waals surface area contributed by atoms with Crippen molar-refractivity contribution in [1.82, 2.24) is 4.98 Å². The van der Waals surface area contributed by atoms with Crippen molar-refractivity contribution < 1.29 is 27.1 Å². The molecule has 0 unspecified atom stereocenters. The average Bonchev–Trinajstić information content (AvgIpc) is 2.14. The number of aliphatic hydroxyl groups excluding tert-OH is 1. The van der Waals surface area contributed by atoms with Crippen molar-refractivity contribution in [3.8, 4) is 0 Å². The van der Waals surface area contributed by atoms with Gasteiger partial charge >= 0.3 is 6.18 Å². The predicted octanol–water partition coefficient (Wildman–Crippen LogP) is 3.18. The van der Waals surface area contributed by atoms with Gasteiger partial charge in [-0.25, -0.2) is 13.8 Å². The van der Waals surface area contributed by atoms with Crippen LogP contribution in [0.25, 0.3) is 0 Å². The van der Waals surface area contributed by atoms with Crippen LogP contribution in [0.5, 0.6) is 0 Å². The number of halogens is 6. The van der Waals surface area contributed by atoms with E-state index in [1.807, 2.05) is 0 Å². The molecule has 0 aliphatic carbocycles. The van der Waals surface area contributed by atoms with E-state index in [4.69, 9.17) is 16.7 Å². The highest BCUT2D eigenvalue weighted by atomic mass is 35.5. The molecule has 0 aliphatic heterocycles. The van der Waals surface area contributed by atoms with Crippen molar-refractivity contribution in [3.63, 3.8) is 0 Å². The van der Waals surface area contributed by atoms with Crippen LogP contribution in [-0.4, -0.2) is 10.1 Å². The van der Waals surface area contributed by atoms with Gasteiger partial charge in [0.2, 0.25) is 0 Å². The smallest absolute Gasteiger partial charge is 0.390 e. The number of nitrogens with zero attached hydrogens (tertiary/aromatic N) is 1. The first-order chi connectivity index (χ1) is 7.27. The first kappa shape index (κ1) is 13.1. The highest BCUT2D eigenvalue weighted by Crippen LogP contribution is 2.38. The average molecular weight is 262 g/mol. The number of hydrogen-bond donors (Lipinski definition) is 1. The van der Waals surface area contributed by atoms with E-state index in [2.05, 4.69) is 4.98 Å². The first-order valence-electron chi connectivity index (χ1n) is 3.93. The maximum absolute atomic E-state index is 12.4. The topological polar surface area (TPSA) is 33.1 Å². The minimum absolute atomic E-state index is 0.308. The number of pyridine rings is 1. The van der Waals surface area contributed by atoms with Gasteiger partial charge in [0.15, 0.2) is 0 Å². The first-order valence-corrected chi connectivity index (χ1v) is 4.30. The molecular formula is C8H5ClF5NO. The standard InChI is InChI=1S/C8H5ClF5NO/c9-5-1-3(8(12,13)14)6(7(10)11)4(2-16)15-5/h1,7,16H,2H2. The number of aromatic nitrogens is 1. The summed E-state index contributed by atoms with van der Waals surface area (Å²) in [6.45, 7) is -1.04. The van der Waals surface area contributed by atoms with Gasteiger partial charge in [-0.15, -0.1) is 0 Å². The summed E-state index contributed by atoms with van der Waals surface area (Å²) in [5, 5.41) is 8.06. The third kappa shape index (κ3) is 2.59. The molecule has 0 saturated heterocycles. The van der Waals surface area contributed by atoms with Crippen LogP contribution in [0.2, 0.25) is 5.15 Å². The van der Waals surface area contributed by atoms with Gasteiger partial charge in [0.1, 0.15) is 5.15 Å². The van der Waals surface area contributed by atoms with Gasteiger partial charge in [-0.1, -0.05) is 11.6 Å². The summed E-state index contributed by atoms with van der Waals surface area (Å²) in [7, 11) is 0. The van der Waals surface area contributed by atoms with E-state index in [9.17, 15) is 22.0 Å². The van der Waals surface area contributed by atoms with E-state index in [-0.39, 0.29) is 0 Å². The highest BCUT2D eigenvalue weighted by molar-refractivity contribution is 6.29. The second-order valence-corrected chi connectivity index (χ2v) is 3.20. The quantitative estimate of drug-likeness (QED) is 0.655. The molecule has 1 aromatic heterocycles. The van der Waals surface area contributed by atoms with Gasteiger partial charge < -0.3 is 5.11 Å². The van der Waals surface area contributed by atoms with E-state index in [1.165, 1.54) is 0 Å². The minimum Gasteiger partial charge on any atom is -0.390 e. The lowest BCUT2D eigenvalue weighted by molar-refractivity contribution is -0.139. The van der Waals surface area contributed by atoms with Crippen molar-refractivity contribution >= 4 is 11.6 Å². The van der Waals surface area contributed by atoms with Crippen molar-refractivity contribution in [1.29, 1.82) is 0 Å². The summed E-state index contributed by atoms with van der Waals surface area (Å²) in [5.41, 5.74) is -3.68. The Labute approximate surface area is 91.7 Å². The molecule has 0 amide bonds. The van der Waals surface area contributed by atoms with Crippen LogP contribution in [0.1, 0.15) is 23.2 Å². The van der Waals surface area contributed by atoms with Gasteiger partial charge in [-0.3, -0.25) is 0 Å². The maximum Gasteiger partial charge on any atom is 0.417 e. The summed E-state index contributed by atoms with van der Waals surface area (Å²) in [5.74, 6) is 0. The zero-order chi connectivity index (χ0) is 12.5. The van der Waals surface area contributed by atoms with Gasteiger partial charge in [0.25, 0.3) is 6.43 Å². The lowest BCUT2D eigenvalue weighted by Crippen LogP contribution is -2.13. The lowest BCUT2D eigenvalue weighted by Gasteiger charge is -2.15. The lowest BCUT2D eigenvalue weighted by atomic mass is 10.1.